The standard InChI is InChI=1S/C8H14ClNO3/c1-8(9,13-7(11)12)6-4-3-5-10(6)2/h6H,3-5H2,1-2H3,(H,11,12)/t6?,8-/m1/s1. The van der Waals surface area contributed by atoms with Crippen LogP contribution in [0.4, 0.5) is 4.79 Å². The van der Waals surface area contributed by atoms with Crippen LogP contribution < -0.4 is 0 Å². The molecule has 0 aromatic rings. The van der Waals surface area contributed by atoms with Gasteiger partial charge in [-0.15, -0.1) is 0 Å². The Morgan fingerprint density at radius 1 is 1.77 bits per heavy atom. The summed E-state index contributed by atoms with van der Waals surface area (Å²) in [5.74, 6) is 0. The Bertz CT molecular complexity index is 208. The summed E-state index contributed by atoms with van der Waals surface area (Å²) in [5, 5.41) is 7.34. The van der Waals surface area contributed by atoms with Gasteiger partial charge in [0.15, 0.2) is 0 Å². The zero-order chi connectivity index (χ0) is 10.1. The fourth-order valence-corrected chi connectivity index (χ4v) is 2.14. The van der Waals surface area contributed by atoms with Crippen LogP contribution >= 0.6 is 11.6 Å². The van der Waals surface area contributed by atoms with Gasteiger partial charge in [-0.1, -0.05) is 11.6 Å². The minimum atomic E-state index is -1.32. The van der Waals surface area contributed by atoms with E-state index in [4.69, 9.17) is 16.7 Å². The first-order valence-corrected chi connectivity index (χ1v) is 4.62. The van der Waals surface area contributed by atoms with Crippen molar-refractivity contribution in [3.8, 4) is 0 Å². The van der Waals surface area contributed by atoms with Gasteiger partial charge in [-0.25, -0.2) is 4.79 Å². The third-order valence-corrected chi connectivity index (χ3v) is 2.73. The quantitative estimate of drug-likeness (QED) is 0.554. The highest BCUT2D eigenvalue weighted by Gasteiger charge is 2.40. The maximum Gasteiger partial charge on any atom is 0.507 e. The summed E-state index contributed by atoms with van der Waals surface area (Å²) in [6.07, 6.45) is 0.591. The highest BCUT2D eigenvalue weighted by atomic mass is 35.5. The molecule has 1 unspecified atom stereocenters. The molecular formula is C8H14ClNO3. The Balaban J connectivity index is 2.62. The van der Waals surface area contributed by atoms with Crippen molar-refractivity contribution in [1.82, 2.24) is 4.90 Å². The van der Waals surface area contributed by atoms with Crippen LogP contribution in [0.25, 0.3) is 0 Å². The lowest BCUT2D eigenvalue weighted by Crippen LogP contribution is -2.44. The molecular weight excluding hydrogens is 194 g/mol. The van der Waals surface area contributed by atoms with E-state index >= 15 is 0 Å². The van der Waals surface area contributed by atoms with E-state index in [1.807, 2.05) is 11.9 Å². The van der Waals surface area contributed by atoms with Gasteiger partial charge < -0.3 is 9.84 Å². The van der Waals surface area contributed by atoms with E-state index in [1.165, 1.54) is 0 Å². The highest BCUT2D eigenvalue weighted by molar-refractivity contribution is 6.23. The lowest BCUT2D eigenvalue weighted by molar-refractivity contribution is 0.00230. The van der Waals surface area contributed by atoms with Crippen LogP contribution in [-0.2, 0) is 4.74 Å². The molecule has 0 aromatic carbocycles. The van der Waals surface area contributed by atoms with E-state index in [-0.39, 0.29) is 6.04 Å². The van der Waals surface area contributed by atoms with Crippen molar-refractivity contribution >= 4 is 17.8 Å². The minimum Gasteiger partial charge on any atom is -0.450 e. The highest BCUT2D eigenvalue weighted by Crippen LogP contribution is 2.31. The molecule has 13 heavy (non-hydrogen) atoms. The van der Waals surface area contributed by atoms with Gasteiger partial charge >= 0.3 is 6.16 Å². The number of likely N-dealkylation sites (tertiary alicyclic amines) is 1. The number of halogens is 1. The molecule has 1 rings (SSSR count). The first-order chi connectivity index (χ1) is 5.93. The second kappa shape index (κ2) is 3.72. The van der Waals surface area contributed by atoms with Crippen molar-refractivity contribution in [2.45, 2.75) is 30.9 Å². The van der Waals surface area contributed by atoms with E-state index < -0.39 is 11.2 Å². The van der Waals surface area contributed by atoms with Gasteiger partial charge in [0.1, 0.15) is 0 Å². The van der Waals surface area contributed by atoms with Crippen LogP contribution in [0.5, 0.6) is 0 Å². The monoisotopic (exact) mass is 207 g/mol. The maximum absolute atomic E-state index is 10.4. The Morgan fingerprint density at radius 2 is 2.38 bits per heavy atom. The summed E-state index contributed by atoms with van der Waals surface area (Å²) in [5.41, 5.74) is 0. The largest absolute Gasteiger partial charge is 0.507 e. The molecule has 0 amide bonds. The van der Waals surface area contributed by atoms with Gasteiger partial charge in [0.25, 0.3) is 0 Å². The molecule has 1 saturated heterocycles. The van der Waals surface area contributed by atoms with Gasteiger partial charge in [0.2, 0.25) is 5.06 Å². The molecule has 1 N–H and O–H groups in total. The van der Waals surface area contributed by atoms with E-state index in [0.29, 0.717) is 0 Å². The van der Waals surface area contributed by atoms with Crippen molar-refractivity contribution in [2.75, 3.05) is 13.6 Å². The van der Waals surface area contributed by atoms with E-state index in [2.05, 4.69) is 4.74 Å². The predicted molar refractivity (Wildman–Crippen MR) is 49.0 cm³/mol. The van der Waals surface area contributed by atoms with Crippen molar-refractivity contribution in [3.63, 3.8) is 0 Å². The van der Waals surface area contributed by atoms with E-state index in [0.717, 1.165) is 19.4 Å². The molecule has 76 valence electrons. The average Bonchev–Trinajstić information content (AvgIpc) is 2.32. The Hall–Kier alpha value is -0.480. The third-order valence-electron chi connectivity index (χ3n) is 2.40. The second-order valence-corrected chi connectivity index (χ2v) is 4.24. The van der Waals surface area contributed by atoms with Crippen molar-refractivity contribution < 1.29 is 14.6 Å². The number of carbonyl (C=O) groups is 1. The first-order valence-electron chi connectivity index (χ1n) is 4.24. The zero-order valence-electron chi connectivity index (χ0n) is 7.79. The van der Waals surface area contributed by atoms with E-state index in [1.54, 1.807) is 6.92 Å². The smallest absolute Gasteiger partial charge is 0.450 e. The molecule has 0 bridgehead atoms. The molecule has 0 aromatic heterocycles. The summed E-state index contributed by atoms with van der Waals surface area (Å²) < 4.78 is 4.63. The van der Waals surface area contributed by atoms with Gasteiger partial charge in [-0.05, 0) is 33.4 Å². The van der Waals surface area contributed by atoms with Crippen molar-refractivity contribution in [3.05, 3.63) is 0 Å². The van der Waals surface area contributed by atoms with Gasteiger partial charge in [-0.2, -0.15) is 0 Å². The molecule has 1 fully saturated rings. The molecule has 0 spiro atoms. The molecule has 1 heterocycles. The molecule has 0 radical (unpaired) electrons. The Morgan fingerprint density at radius 3 is 2.77 bits per heavy atom. The van der Waals surface area contributed by atoms with Gasteiger partial charge in [0.05, 0.1) is 6.04 Å². The van der Waals surface area contributed by atoms with Crippen LogP contribution in [-0.4, -0.2) is 40.9 Å². The summed E-state index contributed by atoms with van der Waals surface area (Å²) in [6, 6.07) is -0.0229. The number of rotatable bonds is 2. The number of ether oxygens (including phenoxy) is 1. The lowest BCUT2D eigenvalue weighted by atomic mass is 10.1. The predicted octanol–water partition coefficient (Wildman–Crippen LogP) is 1.73. The first kappa shape index (κ1) is 10.6. The molecule has 4 nitrogen and oxygen atoms in total. The lowest BCUT2D eigenvalue weighted by Gasteiger charge is -2.31. The Kier molecular flexibility index (Phi) is 3.03. The van der Waals surface area contributed by atoms with E-state index in [9.17, 15) is 4.79 Å². The van der Waals surface area contributed by atoms with Crippen LogP contribution in [0.15, 0.2) is 0 Å². The summed E-state index contributed by atoms with van der Waals surface area (Å²) in [6.45, 7) is 2.53. The molecule has 5 heteroatoms. The number of likely N-dealkylation sites (N-methyl/N-ethyl adjacent to an activating group) is 1. The van der Waals surface area contributed by atoms with Crippen LogP contribution in [0.2, 0.25) is 0 Å². The zero-order valence-corrected chi connectivity index (χ0v) is 8.54. The second-order valence-electron chi connectivity index (χ2n) is 3.49. The average molecular weight is 208 g/mol. The molecule has 1 aliphatic rings. The summed E-state index contributed by atoms with van der Waals surface area (Å²) >= 11 is 5.99. The topological polar surface area (TPSA) is 49.8 Å². The molecule has 0 aliphatic carbocycles. The third kappa shape index (κ3) is 2.48. The molecule has 2 atom stereocenters. The SMILES string of the molecule is CN1CCCC1[C@](C)(Cl)OC(=O)O. The van der Waals surface area contributed by atoms with Gasteiger partial charge in [-0.3, -0.25) is 4.90 Å². The van der Waals surface area contributed by atoms with Crippen molar-refractivity contribution in [2.24, 2.45) is 0 Å². The van der Waals surface area contributed by atoms with Crippen LogP contribution in [0.1, 0.15) is 19.8 Å². The van der Waals surface area contributed by atoms with Gasteiger partial charge in [0, 0.05) is 0 Å². The number of carboxylic acid groups (broad SMARTS) is 1. The number of hydrogen-bond donors (Lipinski definition) is 1. The normalized spacial score (nSPS) is 28.4. The number of alkyl halides is 1. The fraction of sp³-hybridized carbons (Fsp3) is 0.875. The fourth-order valence-electron chi connectivity index (χ4n) is 1.80. The maximum atomic E-state index is 10.4. The van der Waals surface area contributed by atoms with Crippen LogP contribution in [0.3, 0.4) is 0 Å². The Labute approximate surface area is 82.4 Å². The van der Waals surface area contributed by atoms with Crippen molar-refractivity contribution in [1.29, 1.82) is 0 Å². The number of nitrogens with zero attached hydrogens (tertiary/aromatic N) is 1. The number of hydrogen-bond acceptors (Lipinski definition) is 3. The summed E-state index contributed by atoms with van der Waals surface area (Å²) in [4.78, 5) is 12.4. The van der Waals surface area contributed by atoms with Crippen LogP contribution in [0, 0.1) is 0 Å². The molecule has 1 aliphatic heterocycles. The minimum absolute atomic E-state index is 0.0229. The molecule has 0 saturated carbocycles. The summed E-state index contributed by atoms with van der Waals surface area (Å²) in [7, 11) is 1.92.